The van der Waals surface area contributed by atoms with Gasteiger partial charge in [0.1, 0.15) is 11.5 Å². The monoisotopic (exact) mass is 266 g/mol. The Morgan fingerprint density at radius 1 is 1.33 bits per heavy atom. The van der Waals surface area contributed by atoms with E-state index in [1.807, 2.05) is 12.1 Å². The molecular formula is C11H14N4O2S. The molecule has 1 heterocycles. The molecule has 1 atom stereocenters. The highest BCUT2D eigenvalue weighted by Crippen LogP contribution is 2.30. The minimum atomic E-state index is -0.361. The molecule has 0 radical (unpaired) electrons. The van der Waals surface area contributed by atoms with Crippen molar-refractivity contribution in [1.29, 1.82) is 0 Å². The van der Waals surface area contributed by atoms with Crippen molar-refractivity contribution in [3.63, 3.8) is 0 Å². The van der Waals surface area contributed by atoms with Crippen LogP contribution < -0.4 is 25.8 Å². The molecule has 0 aliphatic carbocycles. The number of hydrogen-bond donors (Lipinski definition) is 3. The molecule has 0 saturated heterocycles. The summed E-state index contributed by atoms with van der Waals surface area (Å²) in [6.07, 6.45) is -0.361. The maximum atomic E-state index is 5.65. The van der Waals surface area contributed by atoms with Gasteiger partial charge in [0, 0.05) is 11.6 Å². The third kappa shape index (κ3) is 2.45. The Balaban J connectivity index is 2.38. The standard InChI is InChI=1S/C11H14N4O2S/c1-16-6-3-4-7(8(5-6)17-2)9-13-10(12)15-11(18)14-9/h3-5,9H,1-2H3,(H4,12,13,14,15,18)/t9-/m0/s1. The summed E-state index contributed by atoms with van der Waals surface area (Å²) in [7, 11) is 3.19. The van der Waals surface area contributed by atoms with Gasteiger partial charge in [-0.2, -0.15) is 0 Å². The Labute approximate surface area is 110 Å². The predicted molar refractivity (Wildman–Crippen MR) is 72.8 cm³/mol. The summed E-state index contributed by atoms with van der Waals surface area (Å²) in [5, 5.41) is 6.16. The third-order valence-corrected chi connectivity index (χ3v) is 2.73. The number of thiocarbonyl (C=S) groups is 1. The van der Waals surface area contributed by atoms with Crippen molar-refractivity contribution < 1.29 is 9.47 Å². The molecule has 0 unspecified atom stereocenters. The molecule has 18 heavy (non-hydrogen) atoms. The van der Waals surface area contributed by atoms with Crippen molar-refractivity contribution in [1.82, 2.24) is 10.6 Å². The molecule has 1 aliphatic rings. The number of hydrogen-bond acceptors (Lipinski definition) is 5. The first-order valence-corrected chi connectivity index (χ1v) is 5.67. The van der Waals surface area contributed by atoms with Crippen LogP contribution in [0.5, 0.6) is 11.5 Å². The van der Waals surface area contributed by atoms with E-state index in [0.717, 1.165) is 5.56 Å². The lowest BCUT2D eigenvalue weighted by atomic mass is 10.1. The molecule has 0 saturated carbocycles. The maximum Gasteiger partial charge on any atom is 0.197 e. The van der Waals surface area contributed by atoms with Crippen molar-refractivity contribution >= 4 is 23.3 Å². The van der Waals surface area contributed by atoms with E-state index in [0.29, 0.717) is 16.6 Å². The van der Waals surface area contributed by atoms with Gasteiger partial charge in [-0.15, -0.1) is 0 Å². The Kier molecular flexibility index (Phi) is 3.52. The summed E-state index contributed by atoms with van der Waals surface area (Å²) in [5.41, 5.74) is 6.48. The van der Waals surface area contributed by atoms with Crippen molar-refractivity contribution in [2.75, 3.05) is 14.2 Å². The number of nitrogens with zero attached hydrogens (tertiary/aromatic N) is 1. The van der Waals surface area contributed by atoms with Gasteiger partial charge in [0.05, 0.1) is 14.2 Å². The average molecular weight is 266 g/mol. The van der Waals surface area contributed by atoms with E-state index in [9.17, 15) is 0 Å². The van der Waals surface area contributed by atoms with Gasteiger partial charge in [-0.25, -0.2) is 4.99 Å². The Morgan fingerprint density at radius 3 is 2.72 bits per heavy atom. The topological polar surface area (TPSA) is 80.9 Å². The lowest BCUT2D eigenvalue weighted by Crippen LogP contribution is -2.49. The highest BCUT2D eigenvalue weighted by Gasteiger charge is 2.21. The number of nitrogens with two attached hydrogens (primary N) is 1. The van der Waals surface area contributed by atoms with E-state index in [-0.39, 0.29) is 12.1 Å². The van der Waals surface area contributed by atoms with Crippen LogP contribution in [0, 0.1) is 0 Å². The van der Waals surface area contributed by atoms with Gasteiger partial charge in [0.15, 0.2) is 17.2 Å². The van der Waals surface area contributed by atoms with Gasteiger partial charge in [0.2, 0.25) is 0 Å². The molecule has 1 aromatic rings. The van der Waals surface area contributed by atoms with E-state index in [1.54, 1.807) is 20.3 Å². The van der Waals surface area contributed by atoms with Crippen LogP contribution in [0.25, 0.3) is 0 Å². The second kappa shape index (κ2) is 5.09. The van der Waals surface area contributed by atoms with Crippen LogP contribution in [-0.2, 0) is 0 Å². The molecule has 2 rings (SSSR count). The molecule has 0 fully saturated rings. The molecule has 0 aromatic heterocycles. The zero-order valence-electron chi connectivity index (χ0n) is 10.1. The summed E-state index contributed by atoms with van der Waals surface area (Å²) >= 11 is 5.04. The largest absolute Gasteiger partial charge is 0.497 e. The number of guanidine groups is 1. The first kappa shape index (κ1) is 12.4. The molecule has 0 bridgehead atoms. The second-order valence-electron chi connectivity index (χ2n) is 3.62. The molecule has 1 aromatic carbocycles. The quantitative estimate of drug-likeness (QED) is 0.691. The molecule has 6 nitrogen and oxygen atoms in total. The maximum absolute atomic E-state index is 5.65. The van der Waals surface area contributed by atoms with E-state index in [2.05, 4.69) is 15.6 Å². The van der Waals surface area contributed by atoms with Crippen LogP contribution in [0.4, 0.5) is 0 Å². The van der Waals surface area contributed by atoms with Crippen LogP contribution in [0.3, 0.4) is 0 Å². The number of ether oxygens (including phenoxy) is 2. The van der Waals surface area contributed by atoms with Crippen LogP contribution in [0.1, 0.15) is 11.7 Å². The lowest BCUT2D eigenvalue weighted by molar-refractivity contribution is 0.387. The molecule has 96 valence electrons. The number of rotatable bonds is 3. The van der Waals surface area contributed by atoms with Gasteiger partial charge in [-0.3, -0.25) is 0 Å². The average Bonchev–Trinajstić information content (AvgIpc) is 2.36. The first-order chi connectivity index (χ1) is 8.63. The van der Waals surface area contributed by atoms with Gasteiger partial charge in [0.25, 0.3) is 0 Å². The highest BCUT2D eigenvalue weighted by atomic mass is 32.1. The molecule has 7 heteroatoms. The van der Waals surface area contributed by atoms with Crippen molar-refractivity contribution in [2.24, 2.45) is 10.7 Å². The van der Waals surface area contributed by atoms with Crippen molar-refractivity contribution in [2.45, 2.75) is 6.17 Å². The molecular weight excluding hydrogens is 252 g/mol. The lowest BCUT2D eigenvalue weighted by Gasteiger charge is -2.24. The fraction of sp³-hybridized carbons (Fsp3) is 0.273. The number of benzene rings is 1. The van der Waals surface area contributed by atoms with Gasteiger partial charge < -0.3 is 25.8 Å². The van der Waals surface area contributed by atoms with E-state index in [4.69, 9.17) is 27.4 Å². The SMILES string of the molecule is COc1ccc([C@H]2N=C(N)NC(=S)N2)c(OC)c1. The van der Waals surface area contributed by atoms with Crippen LogP contribution in [0.2, 0.25) is 0 Å². The Bertz CT molecular complexity index is 504. The zero-order valence-corrected chi connectivity index (χ0v) is 10.9. The van der Waals surface area contributed by atoms with E-state index in [1.165, 1.54) is 0 Å². The number of methoxy groups -OCH3 is 2. The number of aliphatic imine (C=N–C) groups is 1. The van der Waals surface area contributed by atoms with Crippen LogP contribution >= 0.6 is 12.2 Å². The predicted octanol–water partition coefficient (Wildman–Crippen LogP) is 0.495. The van der Waals surface area contributed by atoms with Crippen molar-refractivity contribution in [3.8, 4) is 11.5 Å². The normalized spacial score (nSPS) is 18.4. The second-order valence-corrected chi connectivity index (χ2v) is 4.03. The van der Waals surface area contributed by atoms with Gasteiger partial charge in [-0.1, -0.05) is 0 Å². The zero-order chi connectivity index (χ0) is 13.1. The summed E-state index contributed by atoms with van der Waals surface area (Å²) in [6, 6.07) is 5.48. The molecule has 0 amide bonds. The molecule has 0 spiro atoms. The summed E-state index contributed by atoms with van der Waals surface area (Å²) in [4.78, 5) is 4.23. The van der Waals surface area contributed by atoms with Crippen molar-refractivity contribution in [3.05, 3.63) is 23.8 Å². The summed E-state index contributed by atoms with van der Waals surface area (Å²) in [5.74, 6) is 1.65. The van der Waals surface area contributed by atoms with E-state index >= 15 is 0 Å². The number of nitrogens with one attached hydrogen (secondary N) is 2. The molecule has 1 aliphatic heterocycles. The first-order valence-electron chi connectivity index (χ1n) is 5.26. The summed E-state index contributed by atoms with van der Waals surface area (Å²) < 4.78 is 10.5. The molecule has 4 N–H and O–H groups in total. The minimum absolute atomic E-state index is 0.279. The van der Waals surface area contributed by atoms with E-state index < -0.39 is 0 Å². The van der Waals surface area contributed by atoms with Gasteiger partial charge >= 0.3 is 0 Å². The van der Waals surface area contributed by atoms with Crippen LogP contribution in [-0.4, -0.2) is 25.3 Å². The minimum Gasteiger partial charge on any atom is -0.497 e. The third-order valence-electron chi connectivity index (χ3n) is 2.51. The van der Waals surface area contributed by atoms with Gasteiger partial charge in [-0.05, 0) is 24.4 Å². The highest BCUT2D eigenvalue weighted by molar-refractivity contribution is 7.80. The smallest absolute Gasteiger partial charge is 0.197 e. The fourth-order valence-corrected chi connectivity index (χ4v) is 1.89. The van der Waals surface area contributed by atoms with Crippen LogP contribution in [0.15, 0.2) is 23.2 Å². The summed E-state index contributed by atoms with van der Waals surface area (Å²) in [6.45, 7) is 0. The Morgan fingerprint density at radius 2 is 2.11 bits per heavy atom. The Hall–Kier alpha value is -2.02. The fourth-order valence-electron chi connectivity index (χ4n) is 1.67.